The fraction of sp³-hybridized carbons (Fsp3) is 0.524. The summed E-state index contributed by atoms with van der Waals surface area (Å²) in [6.07, 6.45) is 6.23. The van der Waals surface area contributed by atoms with Gasteiger partial charge in [-0.2, -0.15) is 5.10 Å². The number of hydrogen-bond donors (Lipinski definition) is 0. The summed E-state index contributed by atoms with van der Waals surface area (Å²) in [5, 5.41) is 4.58. The highest BCUT2D eigenvalue weighted by Gasteiger charge is 2.30. The van der Waals surface area contributed by atoms with Gasteiger partial charge in [0.15, 0.2) is 0 Å². The number of likely N-dealkylation sites (tertiary alicyclic amines) is 1. The quantitative estimate of drug-likeness (QED) is 0.828. The maximum absolute atomic E-state index is 13.2. The number of carbonyl (C=O) groups excluding carboxylic acids is 1. The Morgan fingerprint density at radius 3 is 2.81 bits per heavy atom. The van der Waals surface area contributed by atoms with Gasteiger partial charge in [0.05, 0.1) is 12.3 Å². The van der Waals surface area contributed by atoms with Crippen LogP contribution in [0.1, 0.15) is 47.4 Å². The van der Waals surface area contributed by atoms with Gasteiger partial charge in [0.25, 0.3) is 5.91 Å². The number of carbonyl (C=O) groups is 1. The van der Waals surface area contributed by atoms with E-state index in [0.717, 1.165) is 62.0 Å². The Morgan fingerprint density at radius 1 is 1.22 bits per heavy atom. The summed E-state index contributed by atoms with van der Waals surface area (Å²) < 4.78 is 20.6. The van der Waals surface area contributed by atoms with Crippen LogP contribution < -0.4 is 4.74 Å². The summed E-state index contributed by atoms with van der Waals surface area (Å²) in [6, 6.07) is 6.08. The van der Waals surface area contributed by atoms with E-state index in [1.807, 2.05) is 11.9 Å². The Kier molecular flexibility index (Phi) is 5.14. The molecule has 1 aliphatic carbocycles. The number of aryl methyl sites for hydroxylation is 2. The van der Waals surface area contributed by atoms with Crippen molar-refractivity contribution in [3.8, 4) is 5.75 Å². The van der Waals surface area contributed by atoms with Crippen molar-refractivity contribution in [1.29, 1.82) is 0 Å². The highest BCUT2D eigenvalue weighted by Crippen LogP contribution is 2.26. The molecule has 0 unspecified atom stereocenters. The van der Waals surface area contributed by atoms with Crippen molar-refractivity contribution < 1.29 is 13.9 Å². The van der Waals surface area contributed by atoms with Crippen LogP contribution in [0.3, 0.4) is 0 Å². The van der Waals surface area contributed by atoms with Gasteiger partial charge in [-0.05, 0) is 62.8 Å². The number of aromatic nitrogens is 2. The molecule has 1 saturated heterocycles. The van der Waals surface area contributed by atoms with E-state index < -0.39 is 0 Å². The van der Waals surface area contributed by atoms with Gasteiger partial charge in [0.2, 0.25) is 0 Å². The van der Waals surface area contributed by atoms with Crippen molar-refractivity contribution in [1.82, 2.24) is 14.7 Å². The van der Waals surface area contributed by atoms with Gasteiger partial charge in [-0.1, -0.05) is 0 Å². The van der Waals surface area contributed by atoms with Gasteiger partial charge >= 0.3 is 0 Å². The number of fused-ring (bicyclic) bond motifs is 1. The zero-order valence-corrected chi connectivity index (χ0v) is 15.8. The molecule has 0 saturated carbocycles. The third kappa shape index (κ3) is 3.84. The summed E-state index contributed by atoms with van der Waals surface area (Å²) in [6.45, 7) is 2.02. The highest BCUT2D eigenvalue weighted by atomic mass is 19.1. The molecule has 1 aromatic carbocycles. The number of hydrogen-bond acceptors (Lipinski definition) is 3. The van der Waals surface area contributed by atoms with E-state index in [1.165, 1.54) is 12.1 Å². The Labute approximate surface area is 159 Å². The molecular formula is C21H26FN3O2. The average Bonchev–Trinajstić information content (AvgIpc) is 3.03. The van der Waals surface area contributed by atoms with E-state index in [2.05, 4.69) is 5.10 Å². The van der Waals surface area contributed by atoms with Crippen LogP contribution in [0.15, 0.2) is 24.3 Å². The van der Waals surface area contributed by atoms with Crippen molar-refractivity contribution in [3.05, 3.63) is 47.0 Å². The Bertz CT molecular complexity index is 816. The molecule has 4 rings (SSSR count). The van der Waals surface area contributed by atoms with E-state index in [1.54, 1.807) is 16.8 Å². The Hall–Kier alpha value is -2.37. The number of amides is 1. The lowest BCUT2D eigenvalue weighted by Gasteiger charge is -2.33. The molecule has 1 aliphatic heterocycles. The third-order valence-corrected chi connectivity index (χ3v) is 5.63. The van der Waals surface area contributed by atoms with Crippen LogP contribution >= 0.6 is 0 Å². The van der Waals surface area contributed by atoms with Crippen LogP contribution in [0.5, 0.6) is 5.75 Å². The van der Waals surface area contributed by atoms with E-state index in [4.69, 9.17) is 4.74 Å². The minimum absolute atomic E-state index is 0.0969. The molecule has 1 amide bonds. The molecule has 0 spiro atoms. The fourth-order valence-electron chi connectivity index (χ4n) is 4.23. The maximum atomic E-state index is 13.2. The van der Waals surface area contributed by atoms with Crippen molar-refractivity contribution in [2.45, 2.75) is 38.5 Å². The van der Waals surface area contributed by atoms with Crippen molar-refractivity contribution in [3.63, 3.8) is 0 Å². The van der Waals surface area contributed by atoms with Gasteiger partial charge in [-0.25, -0.2) is 4.39 Å². The molecular weight excluding hydrogens is 345 g/mol. The Morgan fingerprint density at radius 2 is 2.00 bits per heavy atom. The monoisotopic (exact) mass is 371 g/mol. The molecule has 1 aromatic heterocycles. The molecule has 144 valence electrons. The zero-order chi connectivity index (χ0) is 18.8. The first kappa shape index (κ1) is 18.0. The molecule has 6 heteroatoms. The SMILES string of the molecule is Cn1nc2c(c1C(=O)N1CCC[C@H](COc3ccc(F)cc3)C1)CCCC2. The molecule has 1 fully saturated rings. The topological polar surface area (TPSA) is 47.4 Å². The van der Waals surface area contributed by atoms with Gasteiger partial charge in [0.1, 0.15) is 17.3 Å². The van der Waals surface area contributed by atoms with Crippen LogP contribution in [0, 0.1) is 11.7 Å². The lowest BCUT2D eigenvalue weighted by atomic mass is 9.94. The van der Waals surface area contributed by atoms with Crippen LogP contribution in [0.2, 0.25) is 0 Å². The number of rotatable bonds is 4. The zero-order valence-electron chi connectivity index (χ0n) is 15.8. The molecule has 0 bridgehead atoms. The lowest BCUT2D eigenvalue weighted by molar-refractivity contribution is 0.0621. The second-order valence-corrected chi connectivity index (χ2v) is 7.63. The summed E-state index contributed by atoms with van der Waals surface area (Å²) in [4.78, 5) is 15.1. The first-order valence-corrected chi connectivity index (χ1v) is 9.84. The normalized spacial score (nSPS) is 19.6. The van der Waals surface area contributed by atoms with Crippen LogP contribution in [-0.4, -0.2) is 40.3 Å². The standard InChI is InChI=1S/C21H26FN3O2/c1-24-20(18-6-2-3-7-19(18)23-24)21(26)25-12-4-5-15(13-25)14-27-17-10-8-16(22)9-11-17/h8-11,15H,2-7,12-14H2,1H3/t15-/m0/s1. The summed E-state index contributed by atoms with van der Waals surface area (Å²) in [7, 11) is 1.88. The largest absolute Gasteiger partial charge is 0.493 e. The van der Waals surface area contributed by atoms with Crippen LogP contribution in [0.4, 0.5) is 4.39 Å². The lowest BCUT2D eigenvalue weighted by Crippen LogP contribution is -2.42. The number of piperidine rings is 1. The Balaban J connectivity index is 1.41. The first-order chi connectivity index (χ1) is 13.1. The number of ether oxygens (including phenoxy) is 1. The van der Waals surface area contributed by atoms with Gasteiger partial charge in [-0.3, -0.25) is 9.48 Å². The van der Waals surface area contributed by atoms with E-state index in [-0.39, 0.29) is 17.6 Å². The molecule has 2 aromatic rings. The number of benzene rings is 1. The summed E-state index contributed by atoms with van der Waals surface area (Å²) >= 11 is 0. The molecule has 0 N–H and O–H groups in total. The van der Waals surface area contributed by atoms with Gasteiger partial charge in [-0.15, -0.1) is 0 Å². The first-order valence-electron chi connectivity index (χ1n) is 9.84. The van der Waals surface area contributed by atoms with E-state index in [0.29, 0.717) is 18.9 Å². The minimum Gasteiger partial charge on any atom is -0.493 e. The molecule has 2 aliphatic rings. The predicted octanol–water partition coefficient (Wildman–Crippen LogP) is 3.37. The third-order valence-electron chi connectivity index (χ3n) is 5.63. The van der Waals surface area contributed by atoms with E-state index >= 15 is 0 Å². The molecule has 5 nitrogen and oxygen atoms in total. The van der Waals surface area contributed by atoms with Crippen LogP contribution in [-0.2, 0) is 19.9 Å². The van der Waals surface area contributed by atoms with Crippen molar-refractivity contribution in [2.24, 2.45) is 13.0 Å². The number of nitrogens with zero attached hydrogens (tertiary/aromatic N) is 3. The average molecular weight is 371 g/mol. The molecule has 27 heavy (non-hydrogen) atoms. The second-order valence-electron chi connectivity index (χ2n) is 7.63. The minimum atomic E-state index is -0.267. The smallest absolute Gasteiger partial charge is 0.272 e. The molecule has 2 heterocycles. The second kappa shape index (κ2) is 7.71. The highest BCUT2D eigenvalue weighted by molar-refractivity contribution is 5.94. The van der Waals surface area contributed by atoms with Crippen LogP contribution in [0.25, 0.3) is 0 Å². The van der Waals surface area contributed by atoms with Gasteiger partial charge in [0, 0.05) is 31.6 Å². The molecule has 1 atom stereocenters. The number of halogens is 1. The summed E-state index contributed by atoms with van der Waals surface area (Å²) in [5.74, 6) is 0.785. The summed E-state index contributed by atoms with van der Waals surface area (Å²) in [5.41, 5.74) is 3.02. The van der Waals surface area contributed by atoms with Crippen molar-refractivity contribution in [2.75, 3.05) is 19.7 Å². The van der Waals surface area contributed by atoms with Crippen molar-refractivity contribution >= 4 is 5.91 Å². The molecule has 0 radical (unpaired) electrons. The van der Waals surface area contributed by atoms with Gasteiger partial charge < -0.3 is 9.64 Å². The maximum Gasteiger partial charge on any atom is 0.272 e. The fourth-order valence-corrected chi connectivity index (χ4v) is 4.23. The predicted molar refractivity (Wildman–Crippen MR) is 100 cm³/mol. The van der Waals surface area contributed by atoms with E-state index in [9.17, 15) is 9.18 Å².